The third-order valence-corrected chi connectivity index (χ3v) is 3.91. The molecule has 96 valence electrons. The summed E-state index contributed by atoms with van der Waals surface area (Å²) in [7, 11) is 0. The molecule has 0 unspecified atom stereocenters. The third-order valence-electron chi connectivity index (χ3n) is 2.21. The van der Waals surface area contributed by atoms with Gasteiger partial charge in [-0.2, -0.15) is 0 Å². The van der Waals surface area contributed by atoms with Gasteiger partial charge in [0.15, 0.2) is 0 Å². The third kappa shape index (κ3) is 6.81. The van der Waals surface area contributed by atoms with Crippen molar-refractivity contribution in [1.29, 1.82) is 0 Å². The molecule has 17 heavy (non-hydrogen) atoms. The second-order valence-electron chi connectivity index (χ2n) is 4.22. The van der Waals surface area contributed by atoms with E-state index in [1.807, 2.05) is 11.4 Å². The zero-order chi connectivity index (χ0) is 12.7. The number of nitrogens with one attached hydrogen (secondary N) is 2. The molecule has 0 aliphatic heterocycles. The van der Waals surface area contributed by atoms with E-state index in [1.54, 1.807) is 11.3 Å². The Morgan fingerprint density at radius 2 is 2.29 bits per heavy atom. The molecule has 0 fully saturated rings. The summed E-state index contributed by atoms with van der Waals surface area (Å²) in [5, 5.41) is 8.24. The van der Waals surface area contributed by atoms with E-state index >= 15 is 0 Å². The molecule has 0 aliphatic carbocycles. The van der Waals surface area contributed by atoms with Gasteiger partial charge in [-0.25, -0.2) is 0 Å². The van der Waals surface area contributed by atoms with E-state index in [9.17, 15) is 4.79 Å². The number of hydrogen-bond acceptors (Lipinski definition) is 3. The van der Waals surface area contributed by atoms with Gasteiger partial charge >= 0.3 is 0 Å². The molecule has 1 amide bonds. The average molecular weight is 319 g/mol. The van der Waals surface area contributed by atoms with E-state index < -0.39 is 0 Å². The van der Waals surface area contributed by atoms with Crippen molar-refractivity contribution < 1.29 is 4.79 Å². The maximum absolute atomic E-state index is 11.5. The molecule has 1 rings (SSSR count). The van der Waals surface area contributed by atoms with Gasteiger partial charge in [-0.1, -0.05) is 13.8 Å². The predicted octanol–water partition coefficient (Wildman–Crippen LogP) is 2.91. The van der Waals surface area contributed by atoms with Crippen LogP contribution in [0.4, 0.5) is 0 Å². The fraction of sp³-hybridized carbons (Fsp3) is 0.583. The standard InChI is InChI=1S/C12H19BrN2OS/c1-9(2)14-5-3-4-12(16)15-7-11-6-10(13)8-17-11/h6,8-9,14H,3-5,7H2,1-2H3,(H,15,16). The molecule has 0 bridgehead atoms. The molecular formula is C12H19BrN2OS. The lowest BCUT2D eigenvalue weighted by atomic mass is 10.2. The summed E-state index contributed by atoms with van der Waals surface area (Å²) in [4.78, 5) is 12.7. The van der Waals surface area contributed by atoms with Crippen LogP contribution in [0.15, 0.2) is 15.9 Å². The van der Waals surface area contributed by atoms with Crippen molar-refractivity contribution in [1.82, 2.24) is 10.6 Å². The lowest BCUT2D eigenvalue weighted by Gasteiger charge is -2.07. The lowest BCUT2D eigenvalue weighted by Crippen LogP contribution is -2.26. The van der Waals surface area contributed by atoms with Gasteiger partial charge in [0.05, 0.1) is 6.54 Å². The molecule has 5 heteroatoms. The second kappa shape index (κ2) is 7.84. The molecule has 0 aromatic carbocycles. The summed E-state index contributed by atoms with van der Waals surface area (Å²) in [6.45, 7) is 5.74. The molecule has 0 atom stereocenters. The minimum atomic E-state index is 0.125. The number of thiophene rings is 1. The zero-order valence-corrected chi connectivity index (χ0v) is 12.7. The molecule has 1 aromatic heterocycles. The van der Waals surface area contributed by atoms with Crippen LogP contribution >= 0.6 is 27.3 Å². The number of carbonyl (C=O) groups is 1. The molecule has 0 saturated heterocycles. The summed E-state index contributed by atoms with van der Waals surface area (Å²) in [5.41, 5.74) is 0. The molecule has 1 heterocycles. The van der Waals surface area contributed by atoms with Gasteiger partial charge in [0.25, 0.3) is 0 Å². The van der Waals surface area contributed by atoms with Crippen LogP contribution in [0.25, 0.3) is 0 Å². The first-order valence-electron chi connectivity index (χ1n) is 5.81. The Balaban J connectivity index is 2.09. The largest absolute Gasteiger partial charge is 0.351 e. The van der Waals surface area contributed by atoms with E-state index in [0.29, 0.717) is 19.0 Å². The molecule has 0 spiro atoms. The van der Waals surface area contributed by atoms with Crippen molar-refractivity contribution in [3.05, 3.63) is 20.8 Å². The summed E-state index contributed by atoms with van der Waals surface area (Å²) in [6, 6.07) is 2.52. The van der Waals surface area contributed by atoms with Crippen molar-refractivity contribution >= 4 is 33.2 Å². The number of amides is 1. The Bertz CT molecular complexity index is 352. The van der Waals surface area contributed by atoms with Crippen LogP contribution in [0.3, 0.4) is 0 Å². The van der Waals surface area contributed by atoms with Crippen molar-refractivity contribution in [3.8, 4) is 0 Å². The Morgan fingerprint density at radius 3 is 2.88 bits per heavy atom. The average Bonchev–Trinajstić information content (AvgIpc) is 2.67. The van der Waals surface area contributed by atoms with E-state index in [-0.39, 0.29) is 5.91 Å². The highest BCUT2D eigenvalue weighted by atomic mass is 79.9. The minimum Gasteiger partial charge on any atom is -0.351 e. The summed E-state index contributed by atoms with van der Waals surface area (Å²) in [6.07, 6.45) is 1.48. The maximum Gasteiger partial charge on any atom is 0.220 e. The van der Waals surface area contributed by atoms with E-state index in [2.05, 4.69) is 40.4 Å². The predicted molar refractivity (Wildman–Crippen MR) is 76.2 cm³/mol. The first-order chi connectivity index (χ1) is 8.08. The van der Waals surface area contributed by atoms with Crippen LogP contribution in [0.2, 0.25) is 0 Å². The van der Waals surface area contributed by atoms with Crippen molar-refractivity contribution in [2.45, 2.75) is 39.3 Å². The van der Waals surface area contributed by atoms with Crippen molar-refractivity contribution in [2.75, 3.05) is 6.54 Å². The van der Waals surface area contributed by atoms with Crippen LogP contribution in [0.1, 0.15) is 31.6 Å². The van der Waals surface area contributed by atoms with Gasteiger partial charge < -0.3 is 10.6 Å². The Labute approximate surface area is 115 Å². The molecule has 0 radical (unpaired) electrons. The number of carbonyl (C=O) groups excluding carboxylic acids is 1. The smallest absolute Gasteiger partial charge is 0.220 e. The van der Waals surface area contributed by atoms with Crippen molar-refractivity contribution in [3.63, 3.8) is 0 Å². The second-order valence-corrected chi connectivity index (χ2v) is 6.13. The summed E-state index contributed by atoms with van der Waals surface area (Å²) in [5.74, 6) is 0.125. The van der Waals surface area contributed by atoms with Gasteiger partial charge in [0.1, 0.15) is 0 Å². The molecule has 2 N–H and O–H groups in total. The van der Waals surface area contributed by atoms with Crippen LogP contribution in [-0.4, -0.2) is 18.5 Å². The van der Waals surface area contributed by atoms with Crippen LogP contribution in [0, 0.1) is 0 Å². The van der Waals surface area contributed by atoms with Crippen LogP contribution in [0.5, 0.6) is 0 Å². The molecule has 0 saturated carbocycles. The fourth-order valence-corrected chi connectivity index (χ4v) is 2.75. The summed E-state index contributed by atoms with van der Waals surface area (Å²) < 4.78 is 1.08. The number of halogens is 1. The summed E-state index contributed by atoms with van der Waals surface area (Å²) >= 11 is 5.04. The normalized spacial score (nSPS) is 10.8. The van der Waals surface area contributed by atoms with Crippen LogP contribution in [-0.2, 0) is 11.3 Å². The Kier molecular flexibility index (Phi) is 6.77. The molecular weight excluding hydrogens is 300 g/mol. The van der Waals surface area contributed by atoms with Crippen LogP contribution < -0.4 is 10.6 Å². The fourth-order valence-electron chi connectivity index (χ4n) is 1.36. The SMILES string of the molecule is CC(C)NCCCC(=O)NCc1cc(Br)cs1. The molecule has 0 aliphatic rings. The van der Waals surface area contributed by atoms with Gasteiger partial charge in [-0.15, -0.1) is 11.3 Å². The number of rotatable bonds is 7. The van der Waals surface area contributed by atoms with Gasteiger partial charge in [-0.3, -0.25) is 4.79 Å². The topological polar surface area (TPSA) is 41.1 Å². The quantitative estimate of drug-likeness (QED) is 0.759. The number of hydrogen-bond donors (Lipinski definition) is 2. The first-order valence-corrected chi connectivity index (χ1v) is 7.48. The zero-order valence-electron chi connectivity index (χ0n) is 10.3. The van der Waals surface area contributed by atoms with E-state index in [4.69, 9.17) is 0 Å². The van der Waals surface area contributed by atoms with E-state index in [0.717, 1.165) is 17.4 Å². The highest BCUT2D eigenvalue weighted by molar-refractivity contribution is 9.10. The minimum absolute atomic E-state index is 0.125. The maximum atomic E-state index is 11.5. The highest BCUT2D eigenvalue weighted by Crippen LogP contribution is 2.19. The molecule has 1 aromatic rings. The monoisotopic (exact) mass is 318 g/mol. The van der Waals surface area contributed by atoms with Crippen molar-refractivity contribution in [2.24, 2.45) is 0 Å². The van der Waals surface area contributed by atoms with Gasteiger partial charge in [0, 0.05) is 27.2 Å². The lowest BCUT2D eigenvalue weighted by molar-refractivity contribution is -0.121. The van der Waals surface area contributed by atoms with Gasteiger partial charge in [0.2, 0.25) is 5.91 Å². The Hall–Kier alpha value is -0.390. The van der Waals surface area contributed by atoms with Gasteiger partial charge in [-0.05, 0) is 35.0 Å². The highest BCUT2D eigenvalue weighted by Gasteiger charge is 2.03. The van der Waals surface area contributed by atoms with E-state index in [1.165, 1.54) is 4.88 Å². The molecule has 3 nitrogen and oxygen atoms in total. The first kappa shape index (κ1) is 14.7. The Morgan fingerprint density at radius 1 is 1.53 bits per heavy atom.